The second-order valence-electron chi connectivity index (χ2n) is 10.8. The number of oxime groups is 1. The van der Waals surface area contributed by atoms with Crippen LogP contribution in [0.25, 0.3) is 11.3 Å². The molecule has 11 heteroatoms. The predicted octanol–water partition coefficient (Wildman–Crippen LogP) is 4.97. The Hall–Kier alpha value is -3.73. The predicted molar refractivity (Wildman–Crippen MR) is 133 cm³/mol. The summed E-state index contributed by atoms with van der Waals surface area (Å²) in [6.07, 6.45) is 5.08. The Balaban J connectivity index is 1.30. The molecule has 0 radical (unpaired) electrons. The van der Waals surface area contributed by atoms with Crippen molar-refractivity contribution < 1.29 is 27.9 Å². The van der Waals surface area contributed by atoms with Crippen molar-refractivity contribution in [3.8, 4) is 11.3 Å². The SMILES string of the molecule is CC(C)(C)n1cc(CN2CCC3(CC2)CC(c2ccc(C(=O)O)cn2)=NO3)c(-c2ccc(F)c(F)c2F)n1. The monoisotopic (exact) mass is 527 g/mol. The lowest BCUT2D eigenvalue weighted by Gasteiger charge is -2.37. The maximum absolute atomic E-state index is 14.7. The number of hydrogen-bond donors (Lipinski definition) is 1. The molecule has 2 aliphatic rings. The van der Waals surface area contributed by atoms with Gasteiger partial charge in [-0.2, -0.15) is 5.10 Å². The van der Waals surface area contributed by atoms with Crippen LogP contribution in [0, 0.1) is 17.5 Å². The Labute approximate surface area is 217 Å². The highest BCUT2D eigenvalue weighted by Crippen LogP contribution is 2.37. The van der Waals surface area contributed by atoms with E-state index in [4.69, 9.17) is 9.94 Å². The molecule has 200 valence electrons. The molecule has 1 aromatic carbocycles. The summed E-state index contributed by atoms with van der Waals surface area (Å²) in [6, 6.07) is 5.26. The number of halogens is 3. The number of nitrogens with zero attached hydrogens (tertiary/aromatic N) is 5. The van der Waals surface area contributed by atoms with Crippen molar-refractivity contribution in [3.05, 3.63) is 70.9 Å². The number of carboxylic acids is 1. The number of piperidine rings is 1. The minimum absolute atomic E-state index is 0.0750. The van der Waals surface area contributed by atoms with Crippen molar-refractivity contribution >= 4 is 11.7 Å². The third kappa shape index (κ3) is 4.90. The summed E-state index contributed by atoms with van der Waals surface area (Å²) in [7, 11) is 0. The van der Waals surface area contributed by atoms with Crippen LogP contribution in [0.3, 0.4) is 0 Å². The van der Waals surface area contributed by atoms with Gasteiger partial charge < -0.3 is 9.94 Å². The topological polar surface area (TPSA) is 92.8 Å². The van der Waals surface area contributed by atoms with Crippen LogP contribution in [0.15, 0.2) is 41.8 Å². The van der Waals surface area contributed by atoms with Gasteiger partial charge in [-0.05, 0) is 45.0 Å². The Morgan fingerprint density at radius 1 is 1.11 bits per heavy atom. The molecule has 0 unspecified atom stereocenters. The van der Waals surface area contributed by atoms with Gasteiger partial charge in [0.15, 0.2) is 17.5 Å². The van der Waals surface area contributed by atoms with E-state index in [2.05, 4.69) is 20.1 Å². The Bertz CT molecular complexity index is 1400. The molecule has 0 saturated carbocycles. The summed E-state index contributed by atoms with van der Waals surface area (Å²) in [5.74, 6) is -5.05. The summed E-state index contributed by atoms with van der Waals surface area (Å²) in [5, 5.41) is 17.9. The number of carbonyl (C=O) groups is 1. The fourth-order valence-electron chi connectivity index (χ4n) is 4.78. The third-order valence-electron chi connectivity index (χ3n) is 7.07. The van der Waals surface area contributed by atoms with Gasteiger partial charge >= 0.3 is 5.97 Å². The number of likely N-dealkylation sites (tertiary alicyclic amines) is 1. The first-order valence-electron chi connectivity index (χ1n) is 12.4. The van der Waals surface area contributed by atoms with Gasteiger partial charge in [-0.1, -0.05) is 5.16 Å². The minimum Gasteiger partial charge on any atom is -0.478 e. The number of pyridine rings is 1. The van der Waals surface area contributed by atoms with E-state index in [0.717, 1.165) is 6.07 Å². The van der Waals surface area contributed by atoms with Crippen molar-refractivity contribution in [2.45, 2.75) is 57.7 Å². The molecule has 0 aliphatic carbocycles. The molecule has 4 heterocycles. The second kappa shape index (κ2) is 9.54. The summed E-state index contributed by atoms with van der Waals surface area (Å²) in [6.45, 7) is 7.67. The van der Waals surface area contributed by atoms with E-state index in [1.165, 1.54) is 18.3 Å². The molecule has 0 atom stereocenters. The summed E-state index contributed by atoms with van der Waals surface area (Å²) in [4.78, 5) is 23.4. The lowest BCUT2D eigenvalue weighted by Crippen LogP contribution is -2.44. The van der Waals surface area contributed by atoms with E-state index in [9.17, 15) is 18.0 Å². The van der Waals surface area contributed by atoms with Crippen LogP contribution in [-0.2, 0) is 16.9 Å². The van der Waals surface area contributed by atoms with E-state index in [-0.39, 0.29) is 16.8 Å². The molecule has 2 aliphatic heterocycles. The van der Waals surface area contributed by atoms with Crippen LogP contribution >= 0.6 is 0 Å². The van der Waals surface area contributed by atoms with Gasteiger partial charge in [0.2, 0.25) is 0 Å². The maximum Gasteiger partial charge on any atom is 0.337 e. The van der Waals surface area contributed by atoms with E-state index >= 15 is 0 Å². The zero-order valence-corrected chi connectivity index (χ0v) is 21.3. The number of aromatic carboxylic acids is 1. The lowest BCUT2D eigenvalue weighted by atomic mass is 9.86. The standard InChI is InChI=1S/C27H28F3N5O3/c1-26(2,3)35-15-17(24(32-35)18-5-6-19(28)23(30)22(18)29)14-34-10-8-27(9-11-34)12-21(33-38-27)20-7-4-16(13-31-20)25(36)37/h4-7,13,15H,8-12,14H2,1-3H3,(H,36,37). The first kappa shape index (κ1) is 25.9. The van der Waals surface area contributed by atoms with Crippen molar-refractivity contribution in [2.75, 3.05) is 13.1 Å². The molecule has 0 amide bonds. The van der Waals surface area contributed by atoms with Gasteiger partial charge in [-0.3, -0.25) is 14.6 Å². The van der Waals surface area contributed by atoms with Gasteiger partial charge in [-0.25, -0.2) is 18.0 Å². The largest absolute Gasteiger partial charge is 0.478 e. The smallest absolute Gasteiger partial charge is 0.337 e. The molecule has 3 aromatic rings. The molecule has 0 bridgehead atoms. The van der Waals surface area contributed by atoms with Crippen molar-refractivity contribution in [3.63, 3.8) is 0 Å². The first-order chi connectivity index (χ1) is 18.0. The molecule has 1 fully saturated rings. The van der Waals surface area contributed by atoms with Gasteiger partial charge in [0.25, 0.3) is 0 Å². The second-order valence-corrected chi connectivity index (χ2v) is 10.8. The van der Waals surface area contributed by atoms with E-state index < -0.39 is 34.6 Å². The maximum atomic E-state index is 14.7. The van der Waals surface area contributed by atoms with Gasteiger partial charge in [0, 0.05) is 62.4 Å². The normalized spacial score (nSPS) is 17.5. The van der Waals surface area contributed by atoms with Gasteiger partial charge in [0.1, 0.15) is 11.3 Å². The van der Waals surface area contributed by atoms with E-state index in [1.54, 1.807) is 10.7 Å². The fourth-order valence-corrected chi connectivity index (χ4v) is 4.78. The van der Waals surface area contributed by atoms with Crippen molar-refractivity contribution in [1.29, 1.82) is 0 Å². The lowest BCUT2D eigenvalue weighted by molar-refractivity contribution is -0.0626. The molecular formula is C27H28F3N5O3. The molecule has 1 spiro atoms. The highest BCUT2D eigenvalue weighted by molar-refractivity contribution is 6.00. The molecule has 5 rings (SSSR count). The average Bonchev–Trinajstić information content (AvgIpc) is 3.49. The highest BCUT2D eigenvalue weighted by Gasteiger charge is 2.42. The van der Waals surface area contributed by atoms with Crippen LogP contribution in [0.1, 0.15) is 61.6 Å². The van der Waals surface area contributed by atoms with Gasteiger partial charge in [-0.15, -0.1) is 0 Å². The summed E-state index contributed by atoms with van der Waals surface area (Å²) >= 11 is 0. The van der Waals surface area contributed by atoms with Crippen LogP contribution in [0.5, 0.6) is 0 Å². The highest BCUT2D eigenvalue weighted by atomic mass is 19.2. The molecule has 1 N–H and O–H groups in total. The first-order valence-corrected chi connectivity index (χ1v) is 12.4. The van der Waals surface area contributed by atoms with Gasteiger partial charge in [0.05, 0.1) is 22.5 Å². The average molecular weight is 528 g/mol. The van der Waals surface area contributed by atoms with Crippen LogP contribution in [0.2, 0.25) is 0 Å². The molecule has 38 heavy (non-hydrogen) atoms. The molecule has 8 nitrogen and oxygen atoms in total. The quantitative estimate of drug-likeness (QED) is 0.471. The molecule has 1 saturated heterocycles. The number of aromatic nitrogens is 3. The number of rotatable bonds is 5. The number of hydrogen-bond acceptors (Lipinski definition) is 6. The van der Waals surface area contributed by atoms with Crippen LogP contribution in [0.4, 0.5) is 13.2 Å². The number of benzene rings is 1. The Morgan fingerprint density at radius 3 is 2.47 bits per heavy atom. The zero-order valence-electron chi connectivity index (χ0n) is 21.3. The van der Waals surface area contributed by atoms with Crippen molar-refractivity contribution in [2.24, 2.45) is 5.16 Å². The van der Waals surface area contributed by atoms with E-state index in [0.29, 0.717) is 55.9 Å². The van der Waals surface area contributed by atoms with Crippen LogP contribution in [-0.4, -0.2) is 55.1 Å². The minimum atomic E-state index is -1.51. The summed E-state index contributed by atoms with van der Waals surface area (Å²) < 4.78 is 44.0. The van der Waals surface area contributed by atoms with E-state index in [1.807, 2.05) is 27.0 Å². The summed E-state index contributed by atoms with van der Waals surface area (Å²) in [5.41, 5.74) is 1.44. The Kier molecular flexibility index (Phi) is 6.50. The van der Waals surface area contributed by atoms with Crippen LogP contribution < -0.4 is 0 Å². The molecule has 2 aromatic heterocycles. The third-order valence-corrected chi connectivity index (χ3v) is 7.07. The Morgan fingerprint density at radius 2 is 1.84 bits per heavy atom. The zero-order chi connectivity index (χ0) is 27.2. The molecular weight excluding hydrogens is 499 g/mol. The number of carboxylic acid groups (broad SMARTS) is 1. The van der Waals surface area contributed by atoms with Crippen molar-refractivity contribution in [1.82, 2.24) is 19.7 Å². The fraction of sp³-hybridized carbons (Fsp3) is 0.407.